The molecule has 0 radical (unpaired) electrons. The van der Waals surface area contributed by atoms with Crippen molar-refractivity contribution in [3.8, 4) is 0 Å². The fourth-order valence-electron chi connectivity index (χ4n) is 0. The molecule has 2 N–H and O–H groups in total. The van der Waals surface area contributed by atoms with Gasteiger partial charge in [0, 0.05) is 0 Å². The number of hydrogen-bond donors (Lipinski definition) is 2. The van der Waals surface area contributed by atoms with Gasteiger partial charge in [-0.15, -0.1) is 0 Å². The van der Waals surface area contributed by atoms with Gasteiger partial charge in [-0.1, -0.05) is 0 Å². The summed E-state index contributed by atoms with van der Waals surface area (Å²) in [4.78, 5) is 0. The van der Waals surface area contributed by atoms with Crippen molar-refractivity contribution in [2.45, 2.75) is 0 Å². The molecule has 0 heterocycles. The minimum atomic E-state index is 0.194. The van der Waals surface area contributed by atoms with Gasteiger partial charge in [-0.2, -0.15) is 0 Å². The Morgan fingerprint density at radius 2 is 1.20 bits per heavy atom. The molecule has 0 aliphatic heterocycles. The van der Waals surface area contributed by atoms with Crippen molar-refractivity contribution in [1.82, 2.24) is 0 Å². The monoisotopic (exact) mass is 160 g/mol. The van der Waals surface area contributed by atoms with Crippen LogP contribution in [0.15, 0.2) is 0 Å². The molecule has 0 saturated carbocycles. The van der Waals surface area contributed by atoms with Crippen molar-refractivity contribution in [1.29, 1.82) is 0 Å². The molecule has 0 aliphatic rings. The van der Waals surface area contributed by atoms with Crippen LogP contribution >= 0.6 is 20.2 Å². The predicted octanol–water partition coefficient (Wildman–Crippen LogP) is 1.39. The Balaban J connectivity index is 0. The van der Waals surface area contributed by atoms with Crippen LogP contribution in [0.1, 0.15) is 0 Å². The molecule has 0 saturated heterocycles. The van der Waals surface area contributed by atoms with Crippen LogP contribution < -0.4 is 0 Å². The zero-order chi connectivity index (χ0) is 4.71. The van der Waals surface area contributed by atoms with E-state index in [0.717, 1.165) is 0 Å². The zero-order valence-electron chi connectivity index (χ0n) is 2.00. The van der Waals surface area contributed by atoms with Crippen molar-refractivity contribution >= 4 is 20.2 Å². The van der Waals surface area contributed by atoms with Crippen LogP contribution in [0, 0.1) is 0 Å². The summed E-state index contributed by atoms with van der Waals surface area (Å²) in [7, 11) is 9.53. The molecule has 5 heteroatoms. The van der Waals surface area contributed by atoms with E-state index in [2.05, 4.69) is 0 Å². The molecule has 0 aromatic heterocycles. The first-order chi connectivity index (χ1) is 2.41. The average molecular weight is 161 g/mol. The van der Waals surface area contributed by atoms with Crippen LogP contribution in [0.3, 0.4) is 0 Å². The van der Waals surface area contributed by atoms with Crippen LogP contribution in [0.4, 0.5) is 0 Å². The van der Waals surface area contributed by atoms with E-state index in [-0.39, 0.29) is 13.1 Å². The third-order valence-electron chi connectivity index (χ3n) is 0. The SMILES string of the molecule is OO.[Cl][Fe][Cl]. The Bertz CT molecular complexity index is 7.61. The normalized spacial score (nSPS) is 5.60. The first-order valence-corrected chi connectivity index (χ1v) is 3.51. The Hall–Kier alpha value is 1.02. The van der Waals surface area contributed by atoms with Gasteiger partial charge in [-0.25, -0.2) is 0 Å². The quantitative estimate of drug-likeness (QED) is 0.320. The molecule has 0 aromatic carbocycles. The summed E-state index contributed by atoms with van der Waals surface area (Å²) >= 11 is 0.194. The second-order valence-electron chi connectivity index (χ2n) is 0.0505. The van der Waals surface area contributed by atoms with E-state index in [1.54, 1.807) is 0 Å². The Morgan fingerprint density at radius 3 is 1.20 bits per heavy atom. The van der Waals surface area contributed by atoms with Crippen molar-refractivity contribution < 1.29 is 23.6 Å². The Kier molecular flexibility index (Phi) is 37.3. The Morgan fingerprint density at radius 1 is 1.20 bits per heavy atom. The van der Waals surface area contributed by atoms with E-state index in [9.17, 15) is 0 Å². The van der Waals surface area contributed by atoms with E-state index in [0.29, 0.717) is 0 Å². The molecular formula is H2Cl2FeO2. The fourth-order valence-corrected chi connectivity index (χ4v) is 0. The molecule has 5 heavy (non-hydrogen) atoms. The molecule has 0 aromatic rings. The molecule has 0 spiro atoms. The second-order valence-corrected chi connectivity index (χ2v) is 1.87. The summed E-state index contributed by atoms with van der Waals surface area (Å²) in [6, 6.07) is 0. The summed E-state index contributed by atoms with van der Waals surface area (Å²) in [5.74, 6) is 0. The third kappa shape index (κ3) is 44.0. The van der Waals surface area contributed by atoms with Crippen molar-refractivity contribution in [2.24, 2.45) is 0 Å². The average Bonchev–Trinajstić information content (AvgIpc) is 1.46. The van der Waals surface area contributed by atoms with Crippen molar-refractivity contribution in [2.75, 3.05) is 0 Å². The van der Waals surface area contributed by atoms with Gasteiger partial charge < -0.3 is 0 Å². The number of rotatable bonds is 0. The van der Waals surface area contributed by atoms with E-state index >= 15 is 0 Å². The van der Waals surface area contributed by atoms with Gasteiger partial charge in [-0.05, 0) is 0 Å². The molecule has 36 valence electrons. The van der Waals surface area contributed by atoms with E-state index in [1.165, 1.54) is 0 Å². The first kappa shape index (κ1) is 9.39. The maximum absolute atomic E-state index is 6.00. The van der Waals surface area contributed by atoms with Gasteiger partial charge in [-0.3, -0.25) is 10.5 Å². The molecule has 0 amide bonds. The molecule has 2 nitrogen and oxygen atoms in total. The maximum atomic E-state index is 6.00. The summed E-state index contributed by atoms with van der Waals surface area (Å²) in [6.07, 6.45) is 0. The van der Waals surface area contributed by atoms with Crippen LogP contribution in [0.25, 0.3) is 0 Å². The summed E-state index contributed by atoms with van der Waals surface area (Å²) in [5.41, 5.74) is 0. The summed E-state index contributed by atoms with van der Waals surface area (Å²) in [5, 5.41) is 12.0. The van der Waals surface area contributed by atoms with Gasteiger partial charge >= 0.3 is 33.3 Å². The molecule has 0 bridgehead atoms. The van der Waals surface area contributed by atoms with Crippen LogP contribution in [0.5, 0.6) is 0 Å². The topological polar surface area (TPSA) is 40.5 Å². The fraction of sp³-hybridized carbons (Fsp3) is 0. The van der Waals surface area contributed by atoms with Crippen molar-refractivity contribution in [3.05, 3.63) is 0 Å². The molecule has 0 aliphatic carbocycles. The van der Waals surface area contributed by atoms with Crippen molar-refractivity contribution in [3.63, 3.8) is 0 Å². The third-order valence-corrected chi connectivity index (χ3v) is 0. The Labute approximate surface area is 44.2 Å². The van der Waals surface area contributed by atoms with Crippen LogP contribution in [-0.4, -0.2) is 10.5 Å². The summed E-state index contributed by atoms with van der Waals surface area (Å²) < 4.78 is 0. The first-order valence-electron chi connectivity index (χ1n) is 0.467. The molecule has 0 fully saturated rings. The molecule has 0 unspecified atom stereocenters. The molecule has 0 rings (SSSR count). The van der Waals surface area contributed by atoms with Gasteiger partial charge in [0.15, 0.2) is 0 Å². The number of hydrogen-bond acceptors (Lipinski definition) is 2. The standard InChI is InChI=1S/2ClH.Fe.H2O2/c;;;1-2/h2*1H;;1-2H/q;;+2;/p-2. The van der Waals surface area contributed by atoms with E-state index in [4.69, 9.17) is 30.7 Å². The minimum absolute atomic E-state index is 0.194. The van der Waals surface area contributed by atoms with Gasteiger partial charge in [0.2, 0.25) is 0 Å². The predicted molar refractivity (Wildman–Crippen MR) is 17.0 cm³/mol. The van der Waals surface area contributed by atoms with Gasteiger partial charge in [0.05, 0.1) is 0 Å². The van der Waals surface area contributed by atoms with E-state index < -0.39 is 0 Å². The number of halogens is 2. The van der Waals surface area contributed by atoms with Crippen LogP contribution in [-0.2, 0) is 13.1 Å². The molecular weight excluding hydrogens is 159 g/mol. The zero-order valence-corrected chi connectivity index (χ0v) is 4.62. The summed E-state index contributed by atoms with van der Waals surface area (Å²) in [6.45, 7) is 0. The van der Waals surface area contributed by atoms with Gasteiger partial charge in [0.25, 0.3) is 0 Å². The van der Waals surface area contributed by atoms with Crippen LogP contribution in [0.2, 0.25) is 0 Å². The molecule has 0 atom stereocenters. The van der Waals surface area contributed by atoms with Gasteiger partial charge in [0.1, 0.15) is 0 Å². The van der Waals surface area contributed by atoms with E-state index in [1.807, 2.05) is 0 Å². The second kappa shape index (κ2) is 19.9.